The third-order valence-electron chi connectivity index (χ3n) is 1.77. The van der Waals surface area contributed by atoms with Crippen molar-refractivity contribution in [2.24, 2.45) is 0 Å². The third kappa shape index (κ3) is 4.77. The summed E-state index contributed by atoms with van der Waals surface area (Å²) in [6.07, 6.45) is 0.715. The summed E-state index contributed by atoms with van der Waals surface area (Å²) in [5, 5.41) is 2.44. The van der Waals surface area contributed by atoms with E-state index in [-0.39, 0.29) is 0 Å². The Morgan fingerprint density at radius 3 is 2.12 bits per heavy atom. The first-order valence-electron chi connectivity index (χ1n) is 4.53. The van der Waals surface area contributed by atoms with Gasteiger partial charge in [0.2, 0.25) is 0 Å². The maximum atomic E-state index is 9.19. The van der Waals surface area contributed by atoms with E-state index in [2.05, 4.69) is 12.1 Å². The number of anilines is 1. The van der Waals surface area contributed by atoms with Crippen LogP contribution in [0.25, 0.3) is 10.8 Å². The zero-order chi connectivity index (χ0) is 12.2. The third-order valence-corrected chi connectivity index (χ3v) is 1.77. The first-order valence-corrected chi connectivity index (χ1v) is 6.38. The normalized spacial score (nSPS) is 10.6. The molecule has 3 N–H and O–H groups in total. The van der Waals surface area contributed by atoms with Crippen LogP contribution in [-0.2, 0) is 10.1 Å². The van der Waals surface area contributed by atoms with E-state index in [1.54, 1.807) is 0 Å². The highest BCUT2D eigenvalue weighted by molar-refractivity contribution is 7.85. The molecule has 0 radical (unpaired) electrons. The van der Waals surface area contributed by atoms with Crippen molar-refractivity contribution in [3.05, 3.63) is 42.5 Å². The van der Waals surface area contributed by atoms with Crippen molar-refractivity contribution >= 4 is 26.6 Å². The second kappa shape index (κ2) is 4.96. The highest BCUT2D eigenvalue weighted by Crippen LogP contribution is 2.15. The molecular weight excluding hydrogens is 226 g/mol. The molecule has 86 valence electrons. The summed E-state index contributed by atoms with van der Waals surface area (Å²) >= 11 is 0. The van der Waals surface area contributed by atoms with Crippen molar-refractivity contribution in [1.82, 2.24) is 0 Å². The van der Waals surface area contributed by atoms with Crippen molar-refractivity contribution in [3.63, 3.8) is 0 Å². The van der Waals surface area contributed by atoms with Crippen molar-refractivity contribution < 1.29 is 13.0 Å². The molecule has 0 amide bonds. The second-order valence-electron chi connectivity index (χ2n) is 3.34. The second-order valence-corrected chi connectivity index (χ2v) is 4.81. The average Bonchev–Trinajstić information content (AvgIpc) is 2.15. The molecule has 0 spiro atoms. The number of benzene rings is 2. The number of nitrogens with two attached hydrogens (primary N) is 1. The summed E-state index contributed by atoms with van der Waals surface area (Å²) in [5.74, 6) is 0. The predicted molar refractivity (Wildman–Crippen MR) is 65.8 cm³/mol. The van der Waals surface area contributed by atoms with E-state index < -0.39 is 10.1 Å². The summed E-state index contributed by atoms with van der Waals surface area (Å²) in [7, 11) is -3.67. The highest BCUT2D eigenvalue weighted by Gasteiger charge is 1.89. The molecule has 0 heterocycles. The first kappa shape index (κ1) is 12.5. The van der Waals surface area contributed by atoms with Crippen LogP contribution in [0.1, 0.15) is 0 Å². The number of nitrogen functional groups attached to an aromatic ring is 1. The molecule has 2 aromatic carbocycles. The van der Waals surface area contributed by atoms with Crippen molar-refractivity contribution in [3.8, 4) is 0 Å². The van der Waals surface area contributed by atoms with Crippen LogP contribution in [-0.4, -0.2) is 19.2 Å². The lowest BCUT2D eigenvalue weighted by atomic mass is 10.1. The van der Waals surface area contributed by atoms with Gasteiger partial charge in [-0.05, 0) is 22.9 Å². The van der Waals surface area contributed by atoms with E-state index in [1.165, 1.54) is 10.8 Å². The van der Waals surface area contributed by atoms with Gasteiger partial charge in [0.05, 0.1) is 6.26 Å². The number of hydrogen-bond donors (Lipinski definition) is 2. The Labute approximate surface area is 94.5 Å². The molecule has 0 aliphatic heterocycles. The number of rotatable bonds is 0. The van der Waals surface area contributed by atoms with Crippen LogP contribution in [0.5, 0.6) is 0 Å². The van der Waals surface area contributed by atoms with Crippen LogP contribution in [0.3, 0.4) is 0 Å². The Hall–Kier alpha value is -1.59. The molecule has 2 aromatic rings. The first-order chi connectivity index (χ1) is 7.36. The molecule has 2 rings (SSSR count). The van der Waals surface area contributed by atoms with Gasteiger partial charge in [0, 0.05) is 5.69 Å². The minimum atomic E-state index is -3.67. The lowest BCUT2D eigenvalue weighted by Crippen LogP contribution is -1.88. The SMILES string of the molecule is CS(=O)(=O)O.Nc1ccc2ccccc2c1. The minimum absolute atomic E-state index is 0.715. The molecule has 0 unspecified atom stereocenters. The average molecular weight is 239 g/mol. The molecule has 0 bridgehead atoms. The minimum Gasteiger partial charge on any atom is -0.399 e. The van der Waals surface area contributed by atoms with Gasteiger partial charge >= 0.3 is 0 Å². The fraction of sp³-hybridized carbons (Fsp3) is 0.0909. The summed E-state index contributed by atoms with van der Waals surface area (Å²) < 4.78 is 25.9. The van der Waals surface area contributed by atoms with Gasteiger partial charge in [-0.1, -0.05) is 30.3 Å². The van der Waals surface area contributed by atoms with Crippen LogP contribution < -0.4 is 5.73 Å². The molecule has 0 aromatic heterocycles. The van der Waals surface area contributed by atoms with E-state index in [4.69, 9.17) is 10.3 Å². The van der Waals surface area contributed by atoms with Gasteiger partial charge in [0.15, 0.2) is 0 Å². The molecule has 16 heavy (non-hydrogen) atoms. The molecule has 0 saturated heterocycles. The van der Waals surface area contributed by atoms with E-state index in [1.807, 2.05) is 30.3 Å². The van der Waals surface area contributed by atoms with Gasteiger partial charge in [0.25, 0.3) is 10.1 Å². The Morgan fingerprint density at radius 1 is 1.06 bits per heavy atom. The zero-order valence-corrected chi connectivity index (χ0v) is 9.61. The molecular formula is C11H13NO3S. The van der Waals surface area contributed by atoms with Gasteiger partial charge in [-0.3, -0.25) is 4.55 Å². The number of hydrogen-bond acceptors (Lipinski definition) is 3. The van der Waals surface area contributed by atoms with Gasteiger partial charge < -0.3 is 5.73 Å². The van der Waals surface area contributed by atoms with Crippen LogP contribution >= 0.6 is 0 Å². The smallest absolute Gasteiger partial charge is 0.261 e. The van der Waals surface area contributed by atoms with E-state index in [0.717, 1.165) is 5.69 Å². The fourth-order valence-electron chi connectivity index (χ4n) is 1.21. The molecule has 5 heteroatoms. The van der Waals surface area contributed by atoms with Crippen LogP contribution in [0.4, 0.5) is 5.69 Å². The highest BCUT2D eigenvalue weighted by atomic mass is 32.2. The van der Waals surface area contributed by atoms with Crippen LogP contribution in [0, 0.1) is 0 Å². The summed E-state index contributed by atoms with van der Waals surface area (Å²) in [4.78, 5) is 0. The monoisotopic (exact) mass is 239 g/mol. The van der Waals surface area contributed by atoms with E-state index in [0.29, 0.717) is 6.26 Å². The van der Waals surface area contributed by atoms with Gasteiger partial charge in [0.1, 0.15) is 0 Å². The van der Waals surface area contributed by atoms with E-state index in [9.17, 15) is 8.42 Å². The Bertz CT molecular complexity index is 571. The topological polar surface area (TPSA) is 80.4 Å². The maximum absolute atomic E-state index is 9.19. The van der Waals surface area contributed by atoms with Gasteiger partial charge in [-0.2, -0.15) is 8.42 Å². The molecule has 0 saturated carbocycles. The fourth-order valence-corrected chi connectivity index (χ4v) is 1.21. The summed E-state index contributed by atoms with van der Waals surface area (Å²) in [6, 6.07) is 14.1. The maximum Gasteiger partial charge on any atom is 0.261 e. The van der Waals surface area contributed by atoms with Crippen LogP contribution in [0.2, 0.25) is 0 Å². The predicted octanol–water partition coefficient (Wildman–Crippen LogP) is 1.93. The van der Waals surface area contributed by atoms with E-state index >= 15 is 0 Å². The quantitative estimate of drug-likeness (QED) is 0.543. The van der Waals surface area contributed by atoms with Crippen molar-refractivity contribution in [2.45, 2.75) is 0 Å². The lowest BCUT2D eigenvalue weighted by Gasteiger charge is -1.96. The lowest BCUT2D eigenvalue weighted by molar-refractivity contribution is 0.490. The molecule has 0 fully saturated rings. The summed E-state index contributed by atoms with van der Waals surface area (Å²) in [6.45, 7) is 0. The molecule has 0 aliphatic rings. The Morgan fingerprint density at radius 2 is 1.56 bits per heavy atom. The molecule has 4 nitrogen and oxygen atoms in total. The largest absolute Gasteiger partial charge is 0.399 e. The molecule has 0 atom stereocenters. The zero-order valence-electron chi connectivity index (χ0n) is 8.79. The number of fused-ring (bicyclic) bond motifs is 1. The van der Waals surface area contributed by atoms with Crippen LogP contribution in [0.15, 0.2) is 42.5 Å². The van der Waals surface area contributed by atoms with Crippen molar-refractivity contribution in [2.75, 3.05) is 12.0 Å². The summed E-state index contributed by atoms with van der Waals surface area (Å²) in [5.41, 5.74) is 6.45. The van der Waals surface area contributed by atoms with Gasteiger partial charge in [-0.15, -0.1) is 0 Å². The van der Waals surface area contributed by atoms with Gasteiger partial charge in [-0.25, -0.2) is 0 Å². The van der Waals surface area contributed by atoms with Crippen molar-refractivity contribution in [1.29, 1.82) is 0 Å². The standard InChI is InChI=1S/C10H9N.CH4O3S/c11-10-6-5-8-3-1-2-4-9(8)7-10;1-5(2,3)4/h1-7H,11H2;1H3,(H,2,3,4). The Kier molecular flexibility index (Phi) is 3.87. The molecule has 0 aliphatic carbocycles. The Balaban J connectivity index is 0.000000221.